The second kappa shape index (κ2) is 3.71. The predicted octanol–water partition coefficient (Wildman–Crippen LogP) is 1.94. The molecule has 1 saturated heterocycles. The number of likely N-dealkylation sites (tertiary alicyclic amines) is 1. The predicted molar refractivity (Wildman–Crippen MR) is 65.4 cm³/mol. The molecule has 96 valence electrons. The molecule has 3 rings (SSSR count). The number of rotatable bonds is 2. The van der Waals surface area contributed by atoms with Gasteiger partial charge in [-0.1, -0.05) is 6.92 Å². The van der Waals surface area contributed by atoms with Crippen LogP contribution < -0.4 is 0 Å². The molecule has 2 saturated carbocycles. The third-order valence-corrected chi connectivity index (χ3v) is 5.55. The molecule has 1 aliphatic heterocycles. The molecule has 1 heterocycles. The second-order valence-electron chi connectivity index (χ2n) is 6.27. The van der Waals surface area contributed by atoms with E-state index in [4.69, 9.17) is 0 Å². The van der Waals surface area contributed by atoms with Crippen molar-refractivity contribution in [3.05, 3.63) is 0 Å². The summed E-state index contributed by atoms with van der Waals surface area (Å²) in [5, 5.41) is 10.5. The zero-order valence-electron chi connectivity index (χ0n) is 10.7. The third-order valence-electron chi connectivity index (χ3n) is 5.55. The Morgan fingerprint density at radius 1 is 1.24 bits per heavy atom. The lowest BCUT2D eigenvalue weighted by atomic mass is 9.51. The molecule has 0 radical (unpaired) electrons. The van der Waals surface area contributed by atoms with Gasteiger partial charge in [-0.3, -0.25) is 4.79 Å². The highest BCUT2D eigenvalue weighted by molar-refractivity contribution is 5.81. The molecule has 0 aromatic heterocycles. The molecular formula is C14H23NO2. The summed E-state index contributed by atoms with van der Waals surface area (Å²) in [6.07, 6.45) is 7.19. The van der Waals surface area contributed by atoms with Crippen LogP contribution in [-0.4, -0.2) is 34.6 Å². The van der Waals surface area contributed by atoms with E-state index < -0.39 is 5.60 Å². The van der Waals surface area contributed by atoms with Crippen molar-refractivity contribution in [2.24, 2.45) is 11.3 Å². The summed E-state index contributed by atoms with van der Waals surface area (Å²) in [5.41, 5.74) is -0.288. The Kier molecular flexibility index (Phi) is 2.51. The van der Waals surface area contributed by atoms with Gasteiger partial charge in [-0.25, -0.2) is 0 Å². The van der Waals surface area contributed by atoms with Crippen LogP contribution in [-0.2, 0) is 4.79 Å². The maximum absolute atomic E-state index is 12.0. The number of amides is 1. The van der Waals surface area contributed by atoms with E-state index in [-0.39, 0.29) is 5.41 Å². The summed E-state index contributed by atoms with van der Waals surface area (Å²) in [5.74, 6) is 0.717. The van der Waals surface area contributed by atoms with Gasteiger partial charge in [0.2, 0.25) is 5.91 Å². The highest BCUT2D eigenvalue weighted by Crippen LogP contribution is 2.57. The van der Waals surface area contributed by atoms with Gasteiger partial charge < -0.3 is 10.0 Å². The Balaban J connectivity index is 1.62. The van der Waals surface area contributed by atoms with Gasteiger partial charge in [0.1, 0.15) is 0 Å². The average molecular weight is 237 g/mol. The average Bonchev–Trinajstić information content (AvgIpc) is 3.20. The van der Waals surface area contributed by atoms with Crippen LogP contribution in [0, 0.1) is 11.3 Å². The Labute approximate surface area is 103 Å². The first kappa shape index (κ1) is 11.5. The van der Waals surface area contributed by atoms with Crippen LogP contribution in [0.3, 0.4) is 0 Å². The number of aliphatic hydroxyl groups is 1. The largest absolute Gasteiger partial charge is 0.389 e. The number of piperidine rings is 1. The molecule has 3 fully saturated rings. The molecule has 3 heteroatoms. The third kappa shape index (κ3) is 1.62. The first-order valence-corrected chi connectivity index (χ1v) is 7.11. The van der Waals surface area contributed by atoms with Gasteiger partial charge in [-0.05, 0) is 44.9 Å². The lowest BCUT2D eigenvalue weighted by Crippen LogP contribution is -2.61. The van der Waals surface area contributed by atoms with E-state index in [0.29, 0.717) is 11.8 Å². The van der Waals surface area contributed by atoms with E-state index in [9.17, 15) is 9.90 Å². The Morgan fingerprint density at radius 3 is 2.29 bits per heavy atom. The molecule has 2 aliphatic carbocycles. The first-order valence-electron chi connectivity index (χ1n) is 7.11. The number of nitrogens with zero attached hydrogens (tertiary/aromatic N) is 1. The van der Waals surface area contributed by atoms with Gasteiger partial charge in [-0.15, -0.1) is 0 Å². The molecule has 1 amide bonds. The van der Waals surface area contributed by atoms with Crippen molar-refractivity contribution in [3.63, 3.8) is 0 Å². The molecule has 1 spiro atoms. The van der Waals surface area contributed by atoms with Crippen LogP contribution in [0.1, 0.15) is 51.9 Å². The number of hydrogen-bond donors (Lipinski definition) is 1. The van der Waals surface area contributed by atoms with Crippen molar-refractivity contribution >= 4 is 5.91 Å². The van der Waals surface area contributed by atoms with Crippen molar-refractivity contribution < 1.29 is 9.90 Å². The number of carbonyl (C=O) groups excluding carboxylic acids is 1. The van der Waals surface area contributed by atoms with E-state index in [2.05, 4.69) is 6.92 Å². The molecule has 3 aliphatic rings. The minimum absolute atomic E-state index is 0.141. The molecule has 1 N–H and O–H groups in total. The lowest BCUT2D eigenvalue weighted by Gasteiger charge is -2.59. The van der Waals surface area contributed by atoms with Crippen LogP contribution in [0.15, 0.2) is 0 Å². The maximum Gasteiger partial charge on any atom is 0.225 e. The first-order chi connectivity index (χ1) is 8.10. The summed E-state index contributed by atoms with van der Waals surface area (Å²) < 4.78 is 0. The highest BCUT2D eigenvalue weighted by atomic mass is 16.3. The van der Waals surface area contributed by atoms with Crippen molar-refractivity contribution in [2.75, 3.05) is 13.1 Å². The highest BCUT2D eigenvalue weighted by Gasteiger charge is 2.57. The molecule has 17 heavy (non-hydrogen) atoms. The van der Waals surface area contributed by atoms with Crippen LogP contribution in [0.25, 0.3) is 0 Å². The van der Waals surface area contributed by atoms with Crippen molar-refractivity contribution in [1.29, 1.82) is 0 Å². The lowest BCUT2D eigenvalue weighted by molar-refractivity contribution is -0.192. The topological polar surface area (TPSA) is 40.5 Å². The molecule has 0 bridgehead atoms. The summed E-state index contributed by atoms with van der Waals surface area (Å²) in [7, 11) is 0. The maximum atomic E-state index is 12.0. The van der Waals surface area contributed by atoms with E-state index in [1.165, 1.54) is 0 Å². The smallest absolute Gasteiger partial charge is 0.225 e. The minimum atomic E-state index is -0.429. The van der Waals surface area contributed by atoms with E-state index in [1.807, 2.05) is 4.90 Å². The fourth-order valence-corrected chi connectivity index (χ4v) is 3.78. The summed E-state index contributed by atoms with van der Waals surface area (Å²) in [6.45, 7) is 3.83. The number of carbonyl (C=O) groups is 1. The van der Waals surface area contributed by atoms with Crippen LogP contribution in [0.5, 0.6) is 0 Å². The number of hydrogen-bond acceptors (Lipinski definition) is 2. The van der Waals surface area contributed by atoms with Crippen LogP contribution in [0.4, 0.5) is 0 Å². The summed E-state index contributed by atoms with van der Waals surface area (Å²) in [4.78, 5) is 14.0. The fourth-order valence-electron chi connectivity index (χ4n) is 3.78. The van der Waals surface area contributed by atoms with Crippen LogP contribution >= 0.6 is 0 Å². The van der Waals surface area contributed by atoms with Crippen molar-refractivity contribution in [3.8, 4) is 0 Å². The van der Waals surface area contributed by atoms with E-state index in [0.717, 1.165) is 58.0 Å². The zero-order valence-corrected chi connectivity index (χ0v) is 10.7. The zero-order chi connectivity index (χ0) is 12.1. The van der Waals surface area contributed by atoms with Gasteiger partial charge in [0.05, 0.1) is 5.60 Å². The standard InChI is InChI=1S/C14H23NO2/c1-2-14(17)6-5-13(14)7-9-15(10-8-13)12(16)11-3-4-11/h11,17H,2-10H2,1H3. The Hall–Kier alpha value is -0.570. The summed E-state index contributed by atoms with van der Waals surface area (Å²) >= 11 is 0. The van der Waals surface area contributed by atoms with E-state index in [1.54, 1.807) is 0 Å². The Bertz CT molecular complexity index is 325. The SMILES string of the molecule is CCC1(O)CCC12CCN(C(=O)C1CC1)CC2. The van der Waals surface area contributed by atoms with E-state index >= 15 is 0 Å². The van der Waals surface area contributed by atoms with Crippen molar-refractivity contribution in [1.82, 2.24) is 4.90 Å². The van der Waals surface area contributed by atoms with Gasteiger partial charge in [0.15, 0.2) is 0 Å². The normalized spacial score (nSPS) is 35.8. The molecule has 1 unspecified atom stereocenters. The van der Waals surface area contributed by atoms with Gasteiger partial charge in [0, 0.05) is 24.4 Å². The van der Waals surface area contributed by atoms with Crippen LogP contribution in [0.2, 0.25) is 0 Å². The van der Waals surface area contributed by atoms with Crippen molar-refractivity contribution in [2.45, 2.75) is 57.5 Å². The second-order valence-corrected chi connectivity index (χ2v) is 6.27. The molecule has 0 aromatic carbocycles. The van der Waals surface area contributed by atoms with Gasteiger partial charge >= 0.3 is 0 Å². The van der Waals surface area contributed by atoms with Gasteiger partial charge in [-0.2, -0.15) is 0 Å². The molecule has 3 nitrogen and oxygen atoms in total. The minimum Gasteiger partial charge on any atom is -0.389 e. The molecular weight excluding hydrogens is 214 g/mol. The Morgan fingerprint density at radius 2 is 1.88 bits per heavy atom. The summed E-state index contributed by atoms with van der Waals surface area (Å²) in [6, 6.07) is 0. The quantitative estimate of drug-likeness (QED) is 0.797. The molecule has 1 atom stereocenters. The monoisotopic (exact) mass is 237 g/mol. The molecule has 0 aromatic rings. The van der Waals surface area contributed by atoms with Gasteiger partial charge in [0.25, 0.3) is 0 Å². The fraction of sp³-hybridized carbons (Fsp3) is 0.929.